The van der Waals surface area contributed by atoms with Crippen molar-refractivity contribution in [3.8, 4) is 0 Å². The van der Waals surface area contributed by atoms with E-state index in [1.54, 1.807) is 12.3 Å². The molecule has 0 aliphatic heterocycles. The average Bonchev–Trinajstić information content (AvgIpc) is 2.89. The van der Waals surface area contributed by atoms with Crippen molar-refractivity contribution in [2.45, 2.75) is 32.1 Å². The Balaban J connectivity index is 1.69. The van der Waals surface area contributed by atoms with Crippen LogP contribution in [0.5, 0.6) is 0 Å². The Morgan fingerprint density at radius 2 is 2.10 bits per heavy atom. The molecule has 3 rings (SSSR count). The molecule has 1 fully saturated rings. The van der Waals surface area contributed by atoms with Crippen molar-refractivity contribution < 1.29 is 9.53 Å². The SMILES string of the molecule is Nc1ccc2c(C(=O)OCC3CCCCC3)c[nH]c2c1. The molecule has 0 spiro atoms. The number of anilines is 1. The Morgan fingerprint density at radius 1 is 1.30 bits per heavy atom. The molecule has 1 saturated carbocycles. The minimum absolute atomic E-state index is 0.244. The van der Waals surface area contributed by atoms with E-state index in [0.717, 1.165) is 10.9 Å². The third-order valence-corrected chi connectivity index (χ3v) is 4.10. The number of esters is 1. The Kier molecular flexibility index (Phi) is 3.63. The molecule has 1 aliphatic rings. The maximum atomic E-state index is 12.2. The van der Waals surface area contributed by atoms with Crippen LogP contribution >= 0.6 is 0 Å². The number of rotatable bonds is 3. The highest BCUT2D eigenvalue weighted by molar-refractivity contribution is 6.04. The highest BCUT2D eigenvalue weighted by Crippen LogP contribution is 2.25. The molecule has 0 unspecified atom stereocenters. The molecule has 0 saturated heterocycles. The van der Waals surface area contributed by atoms with Gasteiger partial charge in [-0.15, -0.1) is 0 Å². The number of nitrogen functional groups attached to an aromatic ring is 1. The van der Waals surface area contributed by atoms with Crippen molar-refractivity contribution in [2.75, 3.05) is 12.3 Å². The van der Waals surface area contributed by atoms with Crippen LogP contribution < -0.4 is 5.73 Å². The molecule has 1 aromatic heterocycles. The van der Waals surface area contributed by atoms with E-state index in [4.69, 9.17) is 10.5 Å². The minimum atomic E-state index is -0.244. The summed E-state index contributed by atoms with van der Waals surface area (Å²) in [6, 6.07) is 5.49. The number of nitrogens with two attached hydrogens (primary N) is 1. The molecule has 0 bridgehead atoms. The summed E-state index contributed by atoms with van der Waals surface area (Å²) in [5.74, 6) is 0.292. The lowest BCUT2D eigenvalue weighted by molar-refractivity contribution is 0.0412. The summed E-state index contributed by atoms with van der Waals surface area (Å²) in [7, 11) is 0. The lowest BCUT2D eigenvalue weighted by Crippen LogP contribution is -2.16. The van der Waals surface area contributed by atoms with Crippen LogP contribution in [0.1, 0.15) is 42.5 Å². The first-order valence-corrected chi connectivity index (χ1v) is 7.28. The van der Waals surface area contributed by atoms with Gasteiger partial charge in [0, 0.05) is 22.8 Å². The fourth-order valence-corrected chi connectivity index (χ4v) is 2.94. The number of ether oxygens (including phenoxy) is 1. The molecule has 20 heavy (non-hydrogen) atoms. The number of hydrogen-bond donors (Lipinski definition) is 2. The Hall–Kier alpha value is -1.97. The molecule has 1 aliphatic carbocycles. The van der Waals surface area contributed by atoms with E-state index in [9.17, 15) is 4.79 Å². The summed E-state index contributed by atoms with van der Waals surface area (Å²) < 4.78 is 5.47. The van der Waals surface area contributed by atoms with Gasteiger partial charge in [0.25, 0.3) is 0 Å². The molecule has 4 nitrogen and oxygen atoms in total. The van der Waals surface area contributed by atoms with Gasteiger partial charge in [-0.05, 0) is 37.0 Å². The summed E-state index contributed by atoms with van der Waals surface area (Å²) in [6.45, 7) is 0.542. The monoisotopic (exact) mass is 272 g/mol. The van der Waals surface area contributed by atoms with Gasteiger partial charge in [-0.25, -0.2) is 4.79 Å². The van der Waals surface area contributed by atoms with E-state index in [0.29, 0.717) is 23.8 Å². The zero-order valence-corrected chi connectivity index (χ0v) is 11.5. The summed E-state index contributed by atoms with van der Waals surface area (Å²) in [5, 5.41) is 0.868. The fourth-order valence-electron chi connectivity index (χ4n) is 2.94. The number of H-pyrrole nitrogens is 1. The molecular weight excluding hydrogens is 252 g/mol. The van der Waals surface area contributed by atoms with E-state index in [1.165, 1.54) is 32.1 Å². The van der Waals surface area contributed by atoms with Crippen LogP contribution in [0.15, 0.2) is 24.4 Å². The predicted molar refractivity (Wildman–Crippen MR) is 79.6 cm³/mol. The lowest BCUT2D eigenvalue weighted by atomic mass is 9.90. The molecule has 3 N–H and O–H groups in total. The largest absolute Gasteiger partial charge is 0.462 e. The van der Waals surface area contributed by atoms with Gasteiger partial charge in [0.05, 0.1) is 12.2 Å². The van der Waals surface area contributed by atoms with Crippen LogP contribution in [0.4, 0.5) is 5.69 Å². The van der Waals surface area contributed by atoms with Gasteiger partial charge in [0.1, 0.15) is 0 Å². The molecule has 0 atom stereocenters. The number of fused-ring (bicyclic) bond motifs is 1. The average molecular weight is 272 g/mol. The first-order chi connectivity index (χ1) is 9.74. The minimum Gasteiger partial charge on any atom is -0.462 e. The van der Waals surface area contributed by atoms with Crippen molar-refractivity contribution in [3.63, 3.8) is 0 Å². The second-order valence-corrected chi connectivity index (χ2v) is 5.61. The van der Waals surface area contributed by atoms with Gasteiger partial charge in [-0.2, -0.15) is 0 Å². The second-order valence-electron chi connectivity index (χ2n) is 5.61. The van der Waals surface area contributed by atoms with Crippen LogP contribution in [-0.4, -0.2) is 17.6 Å². The number of benzene rings is 1. The first-order valence-electron chi connectivity index (χ1n) is 7.28. The van der Waals surface area contributed by atoms with Crippen LogP contribution in [-0.2, 0) is 4.74 Å². The Morgan fingerprint density at radius 3 is 2.90 bits per heavy atom. The van der Waals surface area contributed by atoms with Crippen LogP contribution in [0, 0.1) is 5.92 Å². The normalized spacial score (nSPS) is 16.4. The zero-order valence-electron chi connectivity index (χ0n) is 11.5. The van der Waals surface area contributed by atoms with E-state index in [-0.39, 0.29) is 5.97 Å². The van der Waals surface area contributed by atoms with Crippen LogP contribution in [0.2, 0.25) is 0 Å². The number of aromatic amines is 1. The summed E-state index contributed by atoms with van der Waals surface area (Å²) >= 11 is 0. The Labute approximate surface area is 118 Å². The lowest BCUT2D eigenvalue weighted by Gasteiger charge is -2.20. The summed E-state index contributed by atoms with van der Waals surface area (Å²) in [6.07, 6.45) is 7.89. The maximum absolute atomic E-state index is 12.2. The fraction of sp³-hybridized carbons (Fsp3) is 0.438. The molecule has 106 valence electrons. The number of hydrogen-bond acceptors (Lipinski definition) is 3. The van der Waals surface area contributed by atoms with E-state index in [1.807, 2.05) is 12.1 Å². The molecular formula is C16H20N2O2. The van der Waals surface area contributed by atoms with Crippen molar-refractivity contribution in [2.24, 2.45) is 5.92 Å². The van der Waals surface area contributed by atoms with Gasteiger partial charge in [0.2, 0.25) is 0 Å². The highest BCUT2D eigenvalue weighted by atomic mass is 16.5. The summed E-state index contributed by atoms with van der Waals surface area (Å²) in [4.78, 5) is 15.2. The second kappa shape index (κ2) is 5.57. The van der Waals surface area contributed by atoms with Gasteiger partial charge in [-0.3, -0.25) is 0 Å². The third kappa shape index (κ3) is 2.64. The first kappa shape index (κ1) is 13.0. The number of nitrogens with one attached hydrogen (secondary N) is 1. The van der Waals surface area contributed by atoms with Crippen molar-refractivity contribution in [3.05, 3.63) is 30.0 Å². The predicted octanol–water partition coefficient (Wildman–Crippen LogP) is 3.49. The summed E-state index contributed by atoms with van der Waals surface area (Å²) in [5.41, 5.74) is 7.87. The molecule has 0 amide bonds. The Bertz CT molecular complexity index is 612. The molecule has 1 heterocycles. The molecule has 1 aromatic carbocycles. The van der Waals surface area contributed by atoms with Crippen molar-refractivity contribution >= 4 is 22.6 Å². The molecule has 0 radical (unpaired) electrons. The smallest absolute Gasteiger partial charge is 0.340 e. The zero-order chi connectivity index (χ0) is 13.9. The van der Waals surface area contributed by atoms with Crippen molar-refractivity contribution in [1.82, 2.24) is 4.98 Å². The highest BCUT2D eigenvalue weighted by Gasteiger charge is 2.18. The van der Waals surface area contributed by atoms with Crippen molar-refractivity contribution in [1.29, 1.82) is 0 Å². The van der Waals surface area contributed by atoms with E-state index >= 15 is 0 Å². The van der Waals surface area contributed by atoms with Crippen LogP contribution in [0.25, 0.3) is 10.9 Å². The topological polar surface area (TPSA) is 68.1 Å². The van der Waals surface area contributed by atoms with Gasteiger partial charge >= 0.3 is 5.97 Å². The third-order valence-electron chi connectivity index (χ3n) is 4.10. The van der Waals surface area contributed by atoms with Gasteiger partial charge in [-0.1, -0.05) is 19.3 Å². The van der Waals surface area contributed by atoms with E-state index in [2.05, 4.69) is 4.98 Å². The number of carbonyl (C=O) groups excluding carboxylic acids is 1. The standard InChI is InChI=1S/C16H20N2O2/c17-12-6-7-13-14(9-18-15(13)8-12)16(19)20-10-11-4-2-1-3-5-11/h6-9,11,18H,1-5,10,17H2. The van der Waals surface area contributed by atoms with Gasteiger partial charge in [0.15, 0.2) is 0 Å². The van der Waals surface area contributed by atoms with E-state index < -0.39 is 0 Å². The number of carbonyl (C=O) groups is 1. The molecule has 4 heteroatoms. The maximum Gasteiger partial charge on any atom is 0.340 e. The van der Waals surface area contributed by atoms with Crippen LogP contribution in [0.3, 0.4) is 0 Å². The quantitative estimate of drug-likeness (QED) is 0.664. The van der Waals surface area contributed by atoms with Gasteiger partial charge < -0.3 is 15.5 Å². The molecule has 2 aromatic rings. The number of aromatic nitrogens is 1.